The third-order valence-electron chi connectivity index (χ3n) is 4.36. The summed E-state index contributed by atoms with van der Waals surface area (Å²) in [7, 11) is 0. The Morgan fingerprint density at radius 1 is 1.11 bits per heavy atom. The van der Waals surface area contributed by atoms with Crippen molar-refractivity contribution in [2.24, 2.45) is 23.7 Å². The van der Waals surface area contributed by atoms with Crippen LogP contribution in [0.5, 0.6) is 0 Å². The van der Waals surface area contributed by atoms with Crippen molar-refractivity contribution in [3.05, 3.63) is 23.8 Å². The highest BCUT2D eigenvalue weighted by atomic mass is 19.1. The molecule has 0 heterocycles. The lowest BCUT2D eigenvalue weighted by molar-refractivity contribution is 0.392. The number of rotatable bonds is 2. The van der Waals surface area contributed by atoms with E-state index in [0.717, 1.165) is 12.0 Å². The van der Waals surface area contributed by atoms with Crippen LogP contribution in [0, 0.1) is 23.7 Å². The van der Waals surface area contributed by atoms with Crippen LogP contribution in [0.4, 0.5) is 4.39 Å². The molecule has 110 valence electrons. The van der Waals surface area contributed by atoms with Crippen LogP contribution >= 0.6 is 0 Å². The summed E-state index contributed by atoms with van der Waals surface area (Å²) in [6.07, 6.45) is 9.92. The minimum absolute atomic E-state index is 0.296. The standard InChI is InChI=1S/C18H31F/c1-13(2)16-8-6-7-15(5)9-11-17(14(3)4)18(19)12-10-16/h10-16,18H,6-9H2,1-5H3/t15-,16?,18?/m1/s1. The van der Waals surface area contributed by atoms with Gasteiger partial charge in [-0.05, 0) is 42.1 Å². The quantitative estimate of drug-likeness (QED) is 0.542. The van der Waals surface area contributed by atoms with Gasteiger partial charge in [-0.25, -0.2) is 4.39 Å². The number of hydrogen-bond donors (Lipinski definition) is 0. The molecule has 0 aliphatic heterocycles. The maximum absolute atomic E-state index is 14.4. The molecule has 1 rings (SSSR count). The molecule has 0 fully saturated rings. The van der Waals surface area contributed by atoms with E-state index in [0.29, 0.717) is 23.7 Å². The van der Waals surface area contributed by atoms with E-state index in [1.165, 1.54) is 19.3 Å². The van der Waals surface area contributed by atoms with Crippen LogP contribution in [0.2, 0.25) is 0 Å². The van der Waals surface area contributed by atoms with Gasteiger partial charge in [-0.3, -0.25) is 0 Å². The van der Waals surface area contributed by atoms with E-state index in [-0.39, 0.29) is 0 Å². The summed E-state index contributed by atoms with van der Waals surface area (Å²) < 4.78 is 14.4. The minimum atomic E-state index is -0.897. The predicted molar refractivity (Wildman–Crippen MR) is 82.9 cm³/mol. The molecule has 0 aromatic heterocycles. The Morgan fingerprint density at radius 3 is 2.37 bits per heavy atom. The summed E-state index contributed by atoms with van der Waals surface area (Å²) in [4.78, 5) is 0. The van der Waals surface area contributed by atoms with Crippen molar-refractivity contribution < 1.29 is 4.39 Å². The highest BCUT2D eigenvalue weighted by Gasteiger charge is 2.17. The third-order valence-corrected chi connectivity index (χ3v) is 4.36. The number of halogens is 1. The van der Waals surface area contributed by atoms with Crippen LogP contribution in [-0.2, 0) is 0 Å². The second-order valence-electron chi connectivity index (χ2n) is 6.83. The first-order valence-corrected chi connectivity index (χ1v) is 7.94. The highest BCUT2D eigenvalue weighted by Crippen LogP contribution is 2.27. The molecule has 19 heavy (non-hydrogen) atoms. The average molecular weight is 266 g/mol. The Morgan fingerprint density at radius 2 is 1.79 bits per heavy atom. The van der Waals surface area contributed by atoms with Crippen molar-refractivity contribution in [2.75, 3.05) is 0 Å². The SMILES string of the molecule is CC(C)C1=CC[C@H](C)CCCC(C(C)C)C=CC1F. The monoisotopic (exact) mass is 266 g/mol. The molecule has 0 saturated heterocycles. The second kappa shape index (κ2) is 7.87. The van der Waals surface area contributed by atoms with Gasteiger partial charge in [0.1, 0.15) is 6.17 Å². The van der Waals surface area contributed by atoms with Crippen molar-refractivity contribution in [2.45, 2.75) is 66.5 Å². The summed E-state index contributed by atoms with van der Waals surface area (Å²) in [5, 5.41) is 0. The Hall–Kier alpha value is -0.590. The molecule has 0 bridgehead atoms. The Labute approximate surface area is 119 Å². The lowest BCUT2D eigenvalue weighted by atomic mass is 9.88. The zero-order chi connectivity index (χ0) is 14.4. The van der Waals surface area contributed by atoms with E-state index in [1.54, 1.807) is 6.08 Å². The fraction of sp³-hybridized carbons (Fsp3) is 0.778. The van der Waals surface area contributed by atoms with Crippen LogP contribution in [0.25, 0.3) is 0 Å². The van der Waals surface area contributed by atoms with Gasteiger partial charge in [-0.15, -0.1) is 0 Å². The molecule has 0 N–H and O–H groups in total. The summed E-state index contributed by atoms with van der Waals surface area (Å²) in [5.41, 5.74) is 0.965. The molecule has 0 saturated carbocycles. The van der Waals surface area contributed by atoms with Gasteiger partial charge in [0.05, 0.1) is 0 Å². The van der Waals surface area contributed by atoms with E-state index >= 15 is 0 Å². The van der Waals surface area contributed by atoms with Crippen molar-refractivity contribution >= 4 is 0 Å². The molecule has 0 radical (unpaired) electrons. The van der Waals surface area contributed by atoms with Crippen molar-refractivity contribution in [1.29, 1.82) is 0 Å². The Kier molecular flexibility index (Phi) is 6.82. The number of allylic oxidation sites excluding steroid dienone is 4. The fourth-order valence-electron chi connectivity index (χ4n) is 2.83. The van der Waals surface area contributed by atoms with Crippen LogP contribution in [0.1, 0.15) is 60.3 Å². The van der Waals surface area contributed by atoms with E-state index in [4.69, 9.17) is 0 Å². The topological polar surface area (TPSA) is 0 Å². The van der Waals surface area contributed by atoms with Crippen LogP contribution in [0.3, 0.4) is 0 Å². The summed E-state index contributed by atoms with van der Waals surface area (Å²) in [5.74, 6) is 2.10. The largest absolute Gasteiger partial charge is 0.238 e. The number of alkyl halides is 1. The second-order valence-corrected chi connectivity index (χ2v) is 6.83. The van der Waals surface area contributed by atoms with Crippen molar-refractivity contribution in [3.63, 3.8) is 0 Å². The van der Waals surface area contributed by atoms with Gasteiger partial charge >= 0.3 is 0 Å². The molecular formula is C18H31F. The Bertz CT molecular complexity index is 312. The maximum Gasteiger partial charge on any atom is 0.140 e. The summed E-state index contributed by atoms with van der Waals surface area (Å²) >= 11 is 0. The smallest absolute Gasteiger partial charge is 0.140 e. The van der Waals surface area contributed by atoms with Gasteiger partial charge in [-0.2, -0.15) is 0 Å². The molecule has 0 amide bonds. The Balaban J connectivity index is 2.90. The molecule has 1 heteroatoms. The zero-order valence-corrected chi connectivity index (χ0v) is 13.3. The lowest BCUT2D eigenvalue weighted by Gasteiger charge is -2.18. The number of hydrogen-bond acceptors (Lipinski definition) is 0. The molecule has 0 nitrogen and oxygen atoms in total. The third kappa shape index (κ3) is 5.50. The predicted octanol–water partition coefficient (Wildman–Crippen LogP) is 5.95. The summed E-state index contributed by atoms with van der Waals surface area (Å²) in [6.45, 7) is 11.0. The van der Waals surface area contributed by atoms with Gasteiger partial charge in [0.2, 0.25) is 0 Å². The molecule has 2 unspecified atom stereocenters. The average Bonchev–Trinajstić information content (AvgIpc) is 2.34. The van der Waals surface area contributed by atoms with E-state index in [1.807, 2.05) is 0 Å². The van der Waals surface area contributed by atoms with Gasteiger partial charge < -0.3 is 0 Å². The zero-order valence-electron chi connectivity index (χ0n) is 13.3. The first kappa shape index (κ1) is 16.5. The molecule has 0 aromatic carbocycles. The normalized spacial score (nSPS) is 30.3. The van der Waals surface area contributed by atoms with Crippen molar-refractivity contribution in [3.8, 4) is 0 Å². The van der Waals surface area contributed by atoms with Crippen molar-refractivity contribution in [1.82, 2.24) is 0 Å². The first-order valence-electron chi connectivity index (χ1n) is 7.94. The lowest BCUT2D eigenvalue weighted by Crippen LogP contribution is -2.10. The molecule has 0 spiro atoms. The van der Waals surface area contributed by atoms with Gasteiger partial charge in [0.25, 0.3) is 0 Å². The minimum Gasteiger partial charge on any atom is -0.238 e. The maximum atomic E-state index is 14.4. The molecule has 0 aromatic rings. The first-order chi connectivity index (χ1) is 8.91. The van der Waals surface area contributed by atoms with Crippen LogP contribution in [-0.4, -0.2) is 6.17 Å². The van der Waals surface area contributed by atoms with Crippen LogP contribution < -0.4 is 0 Å². The molecular weight excluding hydrogens is 235 g/mol. The molecule has 1 aliphatic rings. The van der Waals surface area contributed by atoms with Crippen LogP contribution in [0.15, 0.2) is 23.8 Å². The summed E-state index contributed by atoms with van der Waals surface area (Å²) in [6, 6.07) is 0. The molecule has 1 aliphatic carbocycles. The van der Waals surface area contributed by atoms with E-state index in [9.17, 15) is 4.39 Å². The van der Waals surface area contributed by atoms with E-state index in [2.05, 4.69) is 46.8 Å². The fourth-order valence-corrected chi connectivity index (χ4v) is 2.83. The van der Waals surface area contributed by atoms with Gasteiger partial charge in [0, 0.05) is 0 Å². The highest BCUT2D eigenvalue weighted by molar-refractivity contribution is 5.18. The van der Waals surface area contributed by atoms with Gasteiger partial charge in [0.15, 0.2) is 0 Å². The van der Waals surface area contributed by atoms with E-state index < -0.39 is 6.17 Å². The van der Waals surface area contributed by atoms with Gasteiger partial charge in [-0.1, -0.05) is 65.7 Å². The molecule has 3 atom stereocenters.